The van der Waals surface area contributed by atoms with Gasteiger partial charge in [-0.05, 0) is 73.6 Å². The lowest BCUT2D eigenvalue weighted by molar-refractivity contribution is -0.0778. The maximum absolute atomic E-state index is 13.4. The lowest BCUT2D eigenvalue weighted by Crippen LogP contribution is -2.52. The minimum atomic E-state index is -0.0722. The van der Waals surface area contributed by atoms with Crippen molar-refractivity contribution in [2.75, 3.05) is 33.4 Å². The zero-order valence-electron chi connectivity index (χ0n) is 23.3. The van der Waals surface area contributed by atoms with Crippen LogP contribution in [0.25, 0.3) is 22.2 Å². The molecule has 3 heterocycles. The molecule has 0 radical (unpaired) electrons. The molecule has 8 nitrogen and oxygen atoms in total. The maximum Gasteiger partial charge on any atom is 0.251 e. The molecule has 4 aromatic rings. The average Bonchev–Trinajstić information content (AvgIpc) is 3.74. The molecule has 2 aliphatic heterocycles. The molecule has 3 aromatic carbocycles. The Labute approximate surface area is 240 Å². The summed E-state index contributed by atoms with van der Waals surface area (Å²) >= 11 is 0. The molecule has 2 N–H and O–H groups in total. The molecule has 2 saturated heterocycles. The van der Waals surface area contributed by atoms with E-state index in [4.69, 9.17) is 14.2 Å². The zero-order chi connectivity index (χ0) is 27.8. The summed E-state index contributed by atoms with van der Waals surface area (Å²) in [4.78, 5) is 15.9. The largest absolute Gasteiger partial charge is 0.493 e. The summed E-state index contributed by atoms with van der Waals surface area (Å²) in [7, 11) is 1.67. The number of fused-ring (bicyclic) bond motifs is 1. The van der Waals surface area contributed by atoms with Gasteiger partial charge in [0.15, 0.2) is 11.5 Å². The molecular weight excluding hydrogens is 516 g/mol. The van der Waals surface area contributed by atoms with Gasteiger partial charge >= 0.3 is 0 Å². The van der Waals surface area contributed by atoms with Gasteiger partial charge < -0.3 is 19.5 Å². The number of piperidine rings is 1. The van der Waals surface area contributed by atoms with Gasteiger partial charge in [-0.25, -0.2) is 0 Å². The highest BCUT2D eigenvalue weighted by Gasteiger charge is 2.34. The number of nitrogens with zero attached hydrogens (tertiary/aromatic N) is 2. The van der Waals surface area contributed by atoms with E-state index in [-0.39, 0.29) is 18.1 Å². The standard InChI is InChI=1S/C33H36N4O4/c1-39-30-18-23(10-12-29(30)41-26-13-15-37(16-14-26)25-19-40-20-25)32-27-17-24(9-11-28(27)35-36-32)33(38)34-31(22-7-8-22)21-5-3-2-4-6-21/h2-6,9-12,17-18,22,25-26,31H,7-8,13-16,19-20H2,1H3,(H,34,38)(H,35,36). The summed E-state index contributed by atoms with van der Waals surface area (Å²) in [5, 5.41) is 11.9. The van der Waals surface area contributed by atoms with Gasteiger partial charge in [0, 0.05) is 29.6 Å². The number of hydrogen-bond donors (Lipinski definition) is 2. The van der Waals surface area contributed by atoms with Crippen LogP contribution in [-0.4, -0.2) is 66.6 Å². The Hall–Kier alpha value is -3.88. The fourth-order valence-corrected chi connectivity index (χ4v) is 6.05. The summed E-state index contributed by atoms with van der Waals surface area (Å²) in [6.45, 7) is 3.76. The van der Waals surface area contributed by atoms with E-state index in [9.17, 15) is 4.79 Å². The molecule has 212 valence electrons. The summed E-state index contributed by atoms with van der Waals surface area (Å²) in [5.74, 6) is 1.84. The number of carbonyl (C=O) groups excluding carboxylic acids is 1. The first-order chi connectivity index (χ1) is 20.2. The van der Waals surface area contributed by atoms with E-state index in [1.807, 2.05) is 54.6 Å². The molecule has 1 aromatic heterocycles. The van der Waals surface area contributed by atoms with Crippen molar-refractivity contribution in [3.63, 3.8) is 0 Å². The number of rotatable bonds is 9. The number of likely N-dealkylation sites (tertiary alicyclic amines) is 1. The number of aromatic nitrogens is 2. The van der Waals surface area contributed by atoms with Crippen LogP contribution in [-0.2, 0) is 4.74 Å². The van der Waals surface area contributed by atoms with Gasteiger partial charge in [0.05, 0.1) is 37.9 Å². The molecule has 1 unspecified atom stereocenters. The van der Waals surface area contributed by atoms with Crippen molar-refractivity contribution >= 4 is 16.8 Å². The van der Waals surface area contributed by atoms with Crippen molar-refractivity contribution in [2.24, 2.45) is 5.92 Å². The average molecular weight is 553 g/mol. The topological polar surface area (TPSA) is 88.7 Å². The van der Waals surface area contributed by atoms with Crippen LogP contribution in [0, 0.1) is 5.92 Å². The number of nitrogens with one attached hydrogen (secondary N) is 2. The third kappa shape index (κ3) is 5.42. The van der Waals surface area contributed by atoms with Crippen molar-refractivity contribution in [1.29, 1.82) is 0 Å². The normalized spacial score (nSPS) is 19.0. The molecular formula is C33H36N4O4. The number of carbonyl (C=O) groups is 1. The van der Waals surface area contributed by atoms with Crippen molar-refractivity contribution in [3.05, 3.63) is 77.9 Å². The Morgan fingerprint density at radius 2 is 1.80 bits per heavy atom. The summed E-state index contributed by atoms with van der Waals surface area (Å²) in [5.41, 5.74) is 4.33. The second-order valence-corrected chi connectivity index (χ2v) is 11.4. The van der Waals surface area contributed by atoms with Crippen LogP contribution in [0.15, 0.2) is 66.7 Å². The Kier molecular flexibility index (Phi) is 7.10. The van der Waals surface area contributed by atoms with Gasteiger partial charge in [-0.3, -0.25) is 14.8 Å². The van der Waals surface area contributed by atoms with Crippen LogP contribution in [0.3, 0.4) is 0 Å². The van der Waals surface area contributed by atoms with Crippen molar-refractivity contribution < 1.29 is 19.0 Å². The number of aromatic amines is 1. The van der Waals surface area contributed by atoms with Gasteiger partial charge in [-0.15, -0.1) is 0 Å². The first kappa shape index (κ1) is 26.0. The molecule has 7 rings (SSSR count). The van der Waals surface area contributed by atoms with E-state index < -0.39 is 0 Å². The van der Waals surface area contributed by atoms with Crippen LogP contribution in [0.4, 0.5) is 0 Å². The molecule has 0 bridgehead atoms. The van der Waals surface area contributed by atoms with Gasteiger partial charge in [0.2, 0.25) is 0 Å². The van der Waals surface area contributed by atoms with Crippen LogP contribution in [0.2, 0.25) is 0 Å². The highest BCUT2D eigenvalue weighted by Crippen LogP contribution is 2.41. The number of hydrogen-bond acceptors (Lipinski definition) is 6. The maximum atomic E-state index is 13.4. The summed E-state index contributed by atoms with van der Waals surface area (Å²) < 4.78 is 17.5. The van der Waals surface area contributed by atoms with E-state index in [1.54, 1.807) is 7.11 Å². The highest BCUT2D eigenvalue weighted by atomic mass is 16.5. The molecule has 1 saturated carbocycles. The lowest BCUT2D eigenvalue weighted by Gasteiger charge is -2.41. The minimum Gasteiger partial charge on any atom is -0.493 e. The molecule has 3 fully saturated rings. The van der Waals surface area contributed by atoms with Crippen LogP contribution >= 0.6 is 0 Å². The minimum absolute atomic E-state index is 0.0273. The zero-order valence-corrected chi connectivity index (χ0v) is 23.3. The van der Waals surface area contributed by atoms with Gasteiger partial charge in [-0.2, -0.15) is 5.10 Å². The Morgan fingerprint density at radius 3 is 2.51 bits per heavy atom. The lowest BCUT2D eigenvalue weighted by atomic mass is 10.0. The smallest absolute Gasteiger partial charge is 0.251 e. The third-order valence-electron chi connectivity index (χ3n) is 8.71. The molecule has 1 atom stereocenters. The number of benzene rings is 3. The molecule has 0 spiro atoms. The highest BCUT2D eigenvalue weighted by molar-refractivity contribution is 6.01. The van der Waals surface area contributed by atoms with Gasteiger partial charge in [0.1, 0.15) is 11.8 Å². The molecule has 8 heteroatoms. The Morgan fingerprint density at radius 1 is 1.00 bits per heavy atom. The Balaban J connectivity index is 1.08. The molecule has 1 aliphatic carbocycles. The van der Waals surface area contributed by atoms with Crippen molar-refractivity contribution in [3.8, 4) is 22.8 Å². The Bertz CT molecular complexity index is 1520. The van der Waals surface area contributed by atoms with Crippen molar-refractivity contribution in [1.82, 2.24) is 20.4 Å². The SMILES string of the molecule is COc1cc(-c2n[nH]c3ccc(C(=O)NC(c4ccccc4)C4CC4)cc23)ccc1OC1CCN(C2COC2)CC1. The van der Waals surface area contributed by atoms with Gasteiger partial charge in [-0.1, -0.05) is 30.3 Å². The van der Waals surface area contributed by atoms with E-state index in [1.165, 1.54) is 0 Å². The first-order valence-corrected chi connectivity index (χ1v) is 14.7. The second kappa shape index (κ2) is 11.2. The fraction of sp³-hybridized carbons (Fsp3) is 0.394. The first-order valence-electron chi connectivity index (χ1n) is 14.7. The third-order valence-corrected chi connectivity index (χ3v) is 8.71. The number of amides is 1. The summed E-state index contributed by atoms with van der Waals surface area (Å²) in [6.07, 6.45) is 4.42. The number of H-pyrrole nitrogens is 1. The van der Waals surface area contributed by atoms with Crippen LogP contribution < -0.4 is 14.8 Å². The predicted molar refractivity (Wildman–Crippen MR) is 157 cm³/mol. The predicted octanol–water partition coefficient (Wildman–Crippen LogP) is 5.36. The molecule has 3 aliphatic rings. The van der Waals surface area contributed by atoms with E-state index >= 15 is 0 Å². The van der Waals surface area contributed by atoms with E-state index in [2.05, 4.69) is 32.5 Å². The number of methoxy groups -OCH3 is 1. The van der Waals surface area contributed by atoms with E-state index in [0.717, 1.165) is 85.5 Å². The van der Waals surface area contributed by atoms with E-state index in [0.29, 0.717) is 23.3 Å². The molecule has 41 heavy (non-hydrogen) atoms. The summed E-state index contributed by atoms with van der Waals surface area (Å²) in [6, 6.07) is 22.5. The number of ether oxygens (including phenoxy) is 3. The monoisotopic (exact) mass is 552 g/mol. The van der Waals surface area contributed by atoms with Gasteiger partial charge in [0.25, 0.3) is 5.91 Å². The van der Waals surface area contributed by atoms with Crippen molar-refractivity contribution in [2.45, 2.75) is 43.9 Å². The quantitative estimate of drug-likeness (QED) is 0.291. The van der Waals surface area contributed by atoms with Crippen LogP contribution in [0.5, 0.6) is 11.5 Å². The van der Waals surface area contributed by atoms with Crippen LogP contribution in [0.1, 0.15) is 47.6 Å². The fourth-order valence-electron chi connectivity index (χ4n) is 6.05. The molecule has 1 amide bonds. The second-order valence-electron chi connectivity index (χ2n) is 11.4.